The lowest BCUT2D eigenvalue weighted by atomic mass is 10.1. The molecule has 1 unspecified atom stereocenters. The summed E-state index contributed by atoms with van der Waals surface area (Å²) < 4.78 is 7.27. The largest absolute Gasteiger partial charge is 0.496 e. The van der Waals surface area contributed by atoms with E-state index in [2.05, 4.69) is 28.4 Å². The van der Waals surface area contributed by atoms with E-state index in [1.165, 1.54) is 0 Å². The fourth-order valence-electron chi connectivity index (χ4n) is 2.06. The van der Waals surface area contributed by atoms with Crippen LogP contribution in [0.2, 0.25) is 0 Å². The summed E-state index contributed by atoms with van der Waals surface area (Å²) in [6, 6.07) is 8.24. The average molecular weight is 260 g/mol. The minimum atomic E-state index is 0.165. The molecule has 0 spiro atoms. The number of hydrogen-bond donors (Lipinski definition) is 1. The van der Waals surface area contributed by atoms with Crippen LogP contribution in [0, 0.1) is 0 Å². The summed E-state index contributed by atoms with van der Waals surface area (Å²) in [6.45, 7) is 3.85. The maximum Gasteiger partial charge on any atom is 0.137 e. The van der Waals surface area contributed by atoms with Gasteiger partial charge in [-0.1, -0.05) is 25.1 Å². The molecule has 1 N–H and O–H groups in total. The fourth-order valence-corrected chi connectivity index (χ4v) is 2.06. The molecule has 0 aliphatic rings. The van der Waals surface area contributed by atoms with Crippen LogP contribution in [0.5, 0.6) is 5.75 Å². The summed E-state index contributed by atoms with van der Waals surface area (Å²) in [6.07, 6.45) is 4.37. The van der Waals surface area contributed by atoms with Crippen molar-refractivity contribution in [1.29, 1.82) is 0 Å². The van der Waals surface area contributed by atoms with Gasteiger partial charge >= 0.3 is 0 Å². The van der Waals surface area contributed by atoms with Crippen LogP contribution in [-0.2, 0) is 6.54 Å². The quantitative estimate of drug-likeness (QED) is 0.827. The second kappa shape index (κ2) is 6.89. The number of aromatic nitrogens is 3. The van der Waals surface area contributed by atoms with Crippen molar-refractivity contribution in [2.75, 3.05) is 13.7 Å². The van der Waals surface area contributed by atoms with Gasteiger partial charge in [-0.3, -0.25) is 4.68 Å². The Labute approximate surface area is 113 Å². The molecule has 0 saturated carbocycles. The maximum absolute atomic E-state index is 5.44. The number of benzene rings is 1. The van der Waals surface area contributed by atoms with Gasteiger partial charge in [0.1, 0.15) is 18.4 Å². The van der Waals surface area contributed by atoms with Crippen molar-refractivity contribution >= 4 is 0 Å². The molecule has 0 saturated heterocycles. The van der Waals surface area contributed by atoms with Gasteiger partial charge in [-0.15, -0.1) is 0 Å². The van der Waals surface area contributed by atoms with Gasteiger partial charge in [0.15, 0.2) is 0 Å². The molecule has 1 heterocycles. The normalized spacial score (nSPS) is 12.3. The Hall–Kier alpha value is -1.88. The topological polar surface area (TPSA) is 52.0 Å². The van der Waals surface area contributed by atoms with E-state index in [0.717, 1.165) is 30.8 Å². The van der Waals surface area contributed by atoms with Crippen molar-refractivity contribution in [2.45, 2.75) is 25.9 Å². The van der Waals surface area contributed by atoms with Crippen LogP contribution in [-0.4, -0.2) is 28.4 Å². The molecule has 1 aromatic carbocycles. The molecule has 0 bridgehead atoms. The molecule has 1 atom stereocenters. The second-order valence-electron chi connectivity index (χ2n) is 4.37. The second-order valence-corrected chi connectivity index (χ2v) is 4.37. The number of hydrogen-bond acceptors (Lipinski definition) is 4. The minimum absolute atomic E-state index is 0.165. The lowest BCUT2D eigenvalue weighted by molar-refractivity contribution is 0.383. The van der Waals surface area contributed by atoms with Gasteiger partial charge in [-0.2, -0.15) is 5.10 Å². The Morgan fingerprint density at radius 3 is 2.89 bits per heavy atom. The van der Waals surface area contributed by atoms with Crippen LogP contribution in [0.4, 0.5) is 0 Å². The molecule has 0 aliphatic heterocycles. The number of methoxy groups -OCH3 is 1. The fraction of sp³-hybridized carbons (Fsp3) is 0.429. The molecular weight excluding hydrogens is 240 g/mol. The number of nitrogens with one attached hydrogen (secondary N) is 1. The third-order valence-corrected chi connectivity index (χ3v) is 2.99. The van der Waals surface area contributed by atoms with Gasteiger partial charge in [0.2, 0.25) is 0 Å². The molecule has 19 heavy (non-hydrogen) atoms. The van der Waals surface area contributed by atoms with E-state index in [1.807, 2.05) is 22.9 Å². The van der Waals surface area contributed by atoms with E-state index >= 15 is 0 Å². The molecule has 2 rings (SSSR count). The third kappa shape index (κ3) is 3.54. The predicted octanol–water partition coefficient (Wildman–Crippen LogP) is 2.03. The highest BCUT2D eigenvalue weighted by Gasteiger charge is 2.15. The summed E-state index contributed by atoms with van der Waals surface area (Å²) in [5, 5.41) is 7.70. The molecule has 102 valence electrons. The number of para-hydroxylation sites is 1. The monoisotopic (exact) mass is 260 g/mol. The molecule has 2 aromatic rings. The van der Waals surface area contributed by atoms with Crippen LogP contribution >= 0.6 is 0 Å². The van der Waals surface area contributed by atoms with Crippen molar-refractivity contribution in [1.82, 2.24) is 20.1 Å². The zero-order valence-electron chi connectivity index (χ0n) is 11.4. The predicted molar refractivity (Wildman–Crippen MR) is 74.1 cm³/mol. The number of nitrogens with zero attached hydrogens (tertiary/aromatic N) is 3. The van der Waals surface area contributed by atoms with Gasteiger partial charge < -0.3 is 10.1 Å². The SMILES string of the molecule is CCCNC(Cn1cncn1)c1ccccc1OC. The van der Waals surface area contributed by atoms with Gasteiger partial charge in [-0.05, 0) is 19.0 Å². The van der Waals surface area contributed by atoms with Crippen LogP contribution in [0.25, 0.3) is 0 Å². The highest BCUT2D eigenvalue weighted by molar-refractivity contribution is 5.35. The standard InChI is InChI=1S/C14H20N4O/c1-3-8-16-13(9-18-11-15-10-17-18)12-6-4-5-7-14(12)19-2/h4-7,10-11,13,16H,3,8-9H2,1-2H3. The van der Waals surface area contributed by atoms with Crippen LogP contribution in [0.15, 0.2) is 36.9 Å². The van der Waals surface area contributed by atoms with Crippen molar-refractivity contribution in [3.8, 4) is 5.75 Å². The molecular formula is C14H20N4O. The first-order valence-electron chi connectivity index (χ1n) is 6.54. The first kappa shape index (κ1) is 13.5. The Morgan fingerprint density at radius 2 is 2.21 bits per heavy atom. The Morgan fingerprint density at radius 1 is 1.37 bits per heavy atom. The molecule has 0 aliphatic carbocycles. The van der Waals surface area contributed by atoms with Crippen LogP contribution in [0.3, 0.4) is 0 Å². The summed E-state index contributed by atoms with van der Waals surface area (Å²) in [4.78, 5) is 3.98. The Balaban J connectivity index is 2.20. The first-order valence-corrected chi connectivity index (χ1v) is 6.54. The van der Waals surface area contributed by atoms with Gasteiger partial charge in [-0.25, -0.2) is 4.98 Å². The van der Waals surface area contributed by atoms with Crippen LogP contribution < -0.4 is 10.1 Å². The first-order chi connectivity index (χ1) is 9.35. The Bertz CT molecular complexity index is 484. The van der Waals surface area contributed by atoms with E-state index in [9.17, 15) is 0 Å². The van der Waals surface area contributed by atoms with Crippen LogP contribution in [0.1, 0.15) is 24.9 Å². The van der Waals surface area contributed by atoms with Crippen molar-refractivity contribution in [2.24, 2.45) is 0 Å². The number of ether oxygens (including phenoxy) is 1. The third-order valence-electron chi connectivity index (χ3n) is 2.99. The molecule has 5 nitrogen and oxygen atoms in total. The minimum Gasteiger partial charge on any atom is -0.496 e. The van der Waals surface area contributed by atoms with Crippen molar-refractivity contribution < 1.29 is 4.74 Å². The Kier molecular flexibility index (Phi) is 4.92. The van der Waals surface area contributed by atoms with Crippen molar-refractivity contribution in [3.63, 3.8) is 0 Å². The average Bonchev–Trinajstić information content (AvgIpc) is 2.96. The van der Waals surface area contributed by atoms with E-state index in [-0.39, 0.29) is 6.04 Å². The summed E-state index contributed by atoms with van der Waals surface area (Å²) in [5.74, 6) is 0.899. The van der Waals surface area contributed by atoms with E-state index in [1.54, 1.807) is 19.8 Å². The van der Waals surface area contributed by atoms with Gasteiger partial charge in [0, 0.05) is 5.56 Å². The van der Waals surface area contributed by atoms with E-state index in [4.69, 9.17) is 4.74 Å². The highest BCUT2D eigenvalue weighted by Crippen LogP contribution is 2.25. The van der Waals surface area contributed by atoms with Crippen molar-refractivity contribution in [3.05, 3.63) is 42.5 Å². The summed E-state index contributed by atoms with van der Waals surface area (Å²) in [7, 11) is 1.70. The molecule has 0 radical (unpaired) electrons. The smallest absolute Gasteiger partial charge is 0.137 e. The zero-order chi connectivity index (χ0) is 13.5. The molecule has 5 heteroatoms. The van der Waals surface area contributed by atoms with E-state index in [0.29, 0.717) is 0 Å². The van der Waals surface area contributed by atoms with Gasteiger partial charge in [0.25, 0.3) is 0 Å². The molecule has 0 amide bonds. The number of rotatable bonds is 7. The van der Waals surface area contributed by atoms with Gasteiger partial charge in [0.05, 0.1) is 19.7 Å². The lowest BCUT2D eigenvalue weighted by Crippen LogP contribution is -2.27. The van der Waals surface area contributed by atoms with E-state index < -0.39 is 0 Å². The maximum atomic E-state index is 5.44. The molecule has 1 aromatic heterocycles. The highest BCUT2D eigenvalue weighted by atomic mass is 16.5. The zero-order valence-corrected chi connectivity index (χ0v) is 11.4. The lowest BCUT2D eigenvalue weighted by Gasteiger charge is -2.21. The summed E-state index contributed by atoms with van der Waals surface area (Å²) >= 11 is 0. The summed E-state index contributed by atoms with van der Waals surface area (Å²) in [5.41, 5.74) is 1.15. The molecule has 0 fully saturated rings.